The van der Waals surface area contributed by atoms with Gasteiger partial charge in [-0.2, -0.15) is 5.10 Å². The smallest absolute Gasteiger partial charge is 0.253 e. The van der Waals surface area contributed by atoms with Crippen molar-refractivity contribution in [2.75, 3.05) is 19.7 Å². The number of aromatic nitrogens is 2. The SMILES string of the molecule is Cc1cc(C)n(Cc2ccc(C(=O)N3CCCC(COc4ccccc4)C3)cc2)n1. The maximum Gasteiger partial charge on any atom is 0.253 e. The highest BCUT2D eigenvalue weighted by atomic mass is 16.5. The number of carbonyl (C=O) groups is 1. The van der Waals surface area contributed by atoms with Crippen LogP contribution >= 0.6 is 0 Å². The quantitative estimate of drug-likeness (QED) is 0.610. The molecule has 2 aromatic carbocycles. The van der Waals surface area contributed by atoms with Crippen molar-refractivity contribution in [1.82, 2.24) is 14.7 Å². The molecule has 2 heterocycles. The van der Waals surface area contributed by atoms with E-state index < -0.39 is 0 Å². The molecule has 5 nitrogen and oxygen atoms in total. The van der Waals surface area contributed by atoms with Crippen molar-refractivity contribution in [3.8, 4) is 5.75 Å². The molecule has 1 aromatic heterocycles. The Balaban J connectivity index is 1.34. The number of piperidine rings is 1. The van der Waals surface area contributed by atoms with Crippen molar-refractivity contribution in [2.45, 2.75) is 33.2 Å². The number of rotatable bonds is 6. The second kappa shape index (κ2) is 9.16. The number of hydrogen-bond acceptors (Lipinski definition) is 3. The van der Waals surface area contributed by atoms with Gasteiger partial charge in [-0.05, 0) is 62.6 Å². The lowest BCUT2D eigenvalue weighted by atomic mass is 9.98. The number of ether oxygens (including phenoxy) is 1. The molecule has 0 bridgehead atoms. The van der Waals surface area contributed by atoms with E-state index in [-0.39, 0.29) is 5.91 Å². The Morgan fingerprint density at radius 2 is 1.87 bits per heavy atom. The van der Waals surface area contributed by atoms with Gasteiger partial charge in [0.25, 0.3) is 5.91 Å². The number of nitrogens with zero attached hydrogens (tertiary/aromatic N) is 3. The van der Waals surface area contributed by atoms with E-state index in [1.807, 2.05) is 71.1 Å². The van der Waals surface area contributed by atoms with Gasteiger partial charge >= 0.3 is 0 Å². The van der Waals surface area contributed by atoms with Gasteiger partial charge in [0.05, 0.1) is 18.8 Å². The third kappa shape index (κ3) is 4.90. The van der Waals surface area contributed by atoms with Crippen LogP contribution in [0.3, 0.4) is 0 Å². The number of likely N-dealkylation sites (tertiary alicyclic amines) is 1. The lowest BCUT2D eigenvalue weighted by Crippen LogP contribution is -2.41. The standard InChI is InChI=1S/C25H29N3O2/c1-19-15-20(2)28(26-19)17-21-10-12-23(13-11-21)25(29)27-14-6-7-22(16-27)18-30-24-8-4-3-5-9-24/h3-5,8-13,15,22H,6-7,14,16-18H2,1-2H3. The minimum absolute atomic E-state index is 0.108. The predicted molar refractivity (Wildman–Crippen MR) is 118 cm³/mol. The highest BCUT2D eigenvalue weighted by Gasteiger charge is 2.25. The molecule has 1 aliphatic rings. The molecule has 0 radical (unpaired) electrons. The van der Waals surface area contributed by atoms with Crippen LogP contribution in [0.25, 0.3) is 0 Å². The van der Waals surface area contributed by atoms with E-state index in [1.165, 1.54) is 0 Å². The molecule has 5 heteroatoms. The fourth-order valence-corrected chi connectivity index (χ4v) is 4.06. The number of benzene rings is 2. The summed E-state index contributed by atoms with van der Waals surface area (Å²) >= 11 is 0. The largest absolute Gasteiger partial charge is 0.493 e. The molecular formula is C25H29N3O2. The summed E-state index contributed by atoms with van der Waals surface area (Å²) in [5.74, 6) is 1.37. The summed E-state index contributed by atoms with van der Waals surface area (Å²) in [7, 11) is 0. The first-order valence-corrected chi connectivity index (χ1v) is 10.7. The van der Waals surface area contributed by atoms with E-state index in [0.29, 0.717) is 12.5 Å². The molecular weight excluding hydrogens is 374 g/mol. The second-order valence-electron chi connectivity index (χ2n) is 8.17. The van der Waals surface area contributed by atoms with Crippen LogP contribution in [0.1, 0.15) is 40.2 Å². The summed E-state index contributed by atoms with van der Waals surface area (Å²) in [5.41, 5.74) is 4.06. The summed E-state index contributed by atoms with van der Waals surface area (Å²) in [4.78, 5) is 15.0. The van der Waals surface area contributed by atoms with Gasteiger partial charge in [-0.3, -0.25) is 9.48 Å². The van der Waals surface area contributed by atoms with Crippen LogP contribution in [0.4, 0.5) is 0 Å². The Hall–Kier alpha value is -3.08. The third-order valence-corrected chi connectivity index (χ3v) is 5.67. The Labute approximate surface area is 178 Å². The van der Waals surface area contributed by atoms with Gasteiger partial charge in [-0.15, -0.1) is 0 Å². The first-order valence-electron chi connectivity index (χ1n) is 10.7. The van der Waals surface area contributed by atoms with Crippen molar-refractivity contribution < 1.29 is 9.53 Å². The summed E-state index contributed by atoms with van der Waals surface area (Å²) in [6.07, 6.45) is 2.11. The molecule has 1 atom stereocenters. The maximum absolute atomic E-state index is 13.0. The Kier molecular flexibility index (Phi) is 6.17. The van der Waals surface area contributed by atoms with Gasteiger partial charge in [0.1, 0.15) is 5.75 Å². The molecule has 1 amide bonds. The average Bonchev–Trinajstić information content (AvgIpc) is 3.09. The van der Waals surface area contributed by atoms with Crippen molar-refractivity contribution in [1.29, 1.82) is 0 Å². The van der Waals surface area contributed by atoms with Gasteiger partial charge in [-0.1, -0.05) is 30.3 Å². The molecule has 1 unspecified atom stereocenters. The van der Waals surface area contributed by atoms with E-state index in [2.05, 4.69) is 18.1 Å². The van der Waals surface area contributed by atoms with Crippen LogP contribution < -0.4 is 4.74 Å². The number of amides is 1. The van der Waals surface area contributed by atoms with Crippen molar-refractivity contribution in [3.63, 3.8) is 0 Å². The van der Waals surface area contributed by atoms with E-state index in [0.717, 1.165) is 60.7 Å². The first-order chi connectivity index (χ1) is 14.6. The van der Waals surface area contributed by atoms with Gasteiger partial charge < -0.3 is 9.64 Å². The van der Waals surface area contributed by atoms with E-state index in [1.54, 1.807) is 0 Å². The number of aryl methyl sites for hydroxylation is 2. The molecule has 1 saturated heterocycles. The van der Waals surface area contributed by atoms with Crippen LogP contribution in [-0.2, 0) is 6.54 Å². The molecule has 156 valence electrons. The van der Waals surface area contributed by atoms with E-state index in [9.17, 15) is 4.79 Å². The summed E-state index contributed by atoms with van der Waals surface area (Å²) < 4.78 is 7.91. The number of hydrogen-bond donors (Lipinski definition) is 0. The van der Waals surface area contributed by atoms with Gasteiger partial charge in [0.15, 0.2) is 0 Å². The zero-order valence-corrected chi connectivity index (χ0v) is 17.8. The normalized spacial score (nSPS) is 16.5. The summed E-state index contributed by atoms with van der Waals surface area (Å²) in [6.45, 7) is 6.99. The van der Waals surface area contributed by atoms with Gasteiger partial charge in [0, 0.05) is 30.3 Å². The third-order valence-electron chi connectivity index (χ3n) is 5.67. The van der Waals surface area contributed by atoms with Crippen molar-refractivity contribution in [2.24, 2.45) is 5.92 Å². The maximum atomic E-state index is 13.0. The molecule has 3 aromatic rings. The Morgan fingerprint density at radius 1 is 1.10 bits per heavy atom. The van der Waals surface area contributed by atoms with Crippen LogP contribution in [0.15, 0.2) is 60.7 Å². The van der Waals surface area contributed by atoms with Gasteiger partial charge in [0.2, 0.25) is 0 Å². The predicted octanol–water partition coefficient (Wildman–Crippen LogP) is 4.48. The fraction of sp³-hybridized carbons (Fsp3) is 0.360. The molecule has 0 aliphatic carbocycles. The van der Waals surface area contributed by atoms with Crippen LogP contribution in [0, 0.1) is 19.8 Å². The highest BCUT2D eigenvalue weighted by Crippen LogP contribution is 2.21. The Bertz CT molecular complexity index is 979. The molecule has 0 saturated carbocycles. The minimum Gasteiger partial charge on any atom is -0.493 e. The number of carbonyl (C=O) groups excluding carboxylic acids is 1. The number of para-hydroxylation sites is 1. The van der Waals surface area contributed by atoms with Gasteiger partial charge in [-0.25, -0.2) is 0 Å². The summed E-state index contributed by atoms with van der Waals surface area (Å²) in [5, 5.41) is 4.51. The molecule has 0 spiro atoms. The van der Waals surface area contributed by atoms with Crippen LogP contribution in [0.2, 0.25) is 0 Å². The topological polar surface area (TPSA) is 47.4 Å². The van der Waals surface area contributed by atoms with E-state index >= 15 is 0 Å². The minimum atomic E-state index is 0.108. The fourth-order valence-electron chi connectivity index (χ4n) is 4.06. The molecule has 1 aliphatic heterocycles. The molecule has 1 fully saturated rings. The highest BCUT2D eigenvalue weighted by molar-refractivity contribution is 5.94. The lowest BCUT2D eigenvalue weighted by molar-refractivity contribution is 0.0633. The zero-order chi connectivity index (χ0) is 20.9. The zero-order valence-electron chi connectivity index (χ0n) is 17.8. The molecule has 4 rings (SSSR count). The Morgan fingerprint density at radius 3 is 2.57 bits per heavy atom. The van der Waals surface area contributed by atoms with E-state index in [4.69, 9.17) is 4.74 Å². The summed E-state index contributed by atoms with van der Waals surface area (Å²) in [6, 6.07) is 19.9. The average molecular weight is 404 g/mol. The van der Waals surface area contributed by atoms with Crippen molar-refractivity contribution >= 4 is 5.91 Å². The molecule has 0 N–H and O–H groups in total. The van der Waals surface area contributed by atoms with Crippen LogP contribution in [0.5, 0.6) is 5.75 Å². The van der Waals surface area contributed by atoms with Crippen molar-refractivity contribution in [3.05, 3.63) is 83.2 Å². The lowest BCUT2D eigenvalue weighted by Gasteiger charge is -2.32. The first kappa shape index (κ1) is 20.2. The van der Waals surface area contributed by atoms with Crippen LogP contribution in [-0.4, -0.2) is 40.3 Å². The second-order valence-corrected chi connectivity index (χ2v) is 8.17. The molecule has 30 heavy (non-hydrogen) atoms. The monoisotopic (exact) mass is 403 g/mol.